The van der Waals surface area contributed by atoms with Gasteiger partial charge in [0.05, 0.1) is 12.2 Å². The monoisotopic (exact) mass is 285 g/mol. The van der Waals surface area contributed by atoms with E-state index < -0.39 is 0 Å². The van der Waals surface area contributed by atoms with Gasteiger partial charge in [0.15, 0.2) is 0 Å². The molecule has 0 saturated heterocycles. The quantitative estimate of drug-likeness (QED) is 0.936. The normalized spacial score (nSPS) is 11.9. The van der Waals surface area contributed by atoms with E-state index in [1.54, 1.807) is 0 Å². The van der Waals surface area contributed by atoms with E-state index in [2.05, 4.69) is 64.0 Å². The molecule has 1 aromatic carbocycles. The molecule has 21 heavy (non-hydrogen) atoms. The van der Waals surface area contributed by atoms with Gasteiger partial charge in [-0.15, -0.1) is 0 Å². The molecular formula is C18H27N3. The summed E-state index contributed by atoms with van der Waals surface area (Å²) < 4.78 is 2.02. The van der Waals surface area contributed by atoms with Crippen molar-refractivity contribution in [2.45, 2.75) is 53.0 Å². The molecule has 0 radical (unpaired) electrons. The lowest BCUT2D eigenvalue weighted by Gasteiger charge is -2.19. The Balaban J connectivity index is 2.22. The van der Waals surface area contributed by atoms with Crippen LogP contribution in [0.15, 0.2) is 24.3 Å². The number of aryl methyl sites for hydroxylation is 1. The van der Waals surface area contributed by atoms with Crippen LogP contribution >= 0.6 is 0 Å². The molecule has 0 atom stereocenters. The van der Waals surface area contributed by atoms with Crippen LogP contribution in [0.25, 0.3) is 0 Å². The fourth-order valence-corrected chi connectivity index (χ4v) is 2.66. The van der Waals surface area contributed by atoms with Crippen LogP contribution in [0.1, 0.15) is 48.8 Å². The highest BCUT2D eigenvalue weighted by Crippen LogP contribution is 2.24. The fourth-order valence-electron chi connectivity index (χ4n) is 2.66. The largest absolute Gasteiger partial charge is 0.329 e. The highest BCUT2D eigenvalue weighted by molar-refractivity contribution is 5.34. The minimum Gasteiger partial charge on any atom is -0.329 e. The molecule has 2 aromatic rings. The van der Waals surface area contributed by atoms with E-state index in [0.717, 1.165) is 18.7 Å². The van der Waals surface area contributed by atoms with Crippen LogP contribution in [-0.4, -0.2) is 16.3 Å². The van der Waals surface area contributed by atoms with Crippen molar-refractivity contribution >= 4 is 0 Å². The highest BCUT2D eigenvalue weighted by atomic mass is 15.3. The zero-order chi connectivity index (χ0) is 15.6. The Bertz CT molecular complexity index is 601. The molecule has 3 nitrogen and oxygen atoms in total. The standard InChI is InChI=1S/C18H27N3/c1-13-17(14(2)21(20-13)11-10-19)12-15-6-8-16(9-7-15)18(3,4)5/h6-9H,10-12,19H2,1-5H3. The molecule has 0 amide bonds. The van der Waals surface area contributed by atoms with Crippen molar-refractivity contribution in [3.8, 4) is 0 Å². The van der Waals surface area contributed by atoms with Crippen LogP contribution in [0.5, 0.6) is 0 Å². The summed E-state index contributed by atoms with van der Waals surface area (Å²) in [6.45, 7) is 12.4. The number of rotatable bonds is 4. The topological polar surface area (TPSA) is 43.8 Å². The van der Waals surface area contributed by atoms with Crippen molar-refractivity contribution < 1.29 is 0 Å². The summed E-state index contributed by atoms with van der Waals surface area (Å²) in [7, 11) is 0. The van der Waals surface area contributed by atoms with Gasteiger partial charge in [-0.1, -0.05) is 45.0 Å². The zero-order valence-corrected chi connectivity index (χ0v) is 13.9. The Labute approximate surface area is 128 Å². The summed E-state index contributed by atoms with van der Waals surface area (Å²) in [4.78, 5) is 0. The van der Waals surface area contributed by atoms with Gasteiger partial charge in [-0.3, -0.25) is 4.68 Å². The Morgan fingerprint density at radius 1 is 1.10 bits per heavy atom. The summed E-state index contributed by atoms with van der Waals surface area (Å²) in [6.07, 6.45) is 0.937. The first-order chi connectivity index (χ1) is 9.82. The van der Waals surface area contributed by atoms with Crippen LogP contribution in [0, 0.1) is 13.8 Å². The van der Waals surface area contributed by atoms with Gasteiger partial charge in [-0.05, 0) is 30.4 Å². The summed E-state index contributed by atoms with van der Waals surface area (Å²) in [6, 6.07) is 8.95. The molecule has 0 saturated carbocycles. The van der Waals surface area contributed by atoms with Gasteiger partial charge in [0.1, 0.15) is 0 Å². The van der Waals surface area contributed by atoms with Crippen LogP contribution < -0.4 is 5.73 Å². The SMILES string of the molecule is Cc1nn(CCN)c(C)c1Cc1ccc(C(C)(C)C)cc1. The molecule has 0 aliphatic heterocycles. The molecule has 2 N–H and O–H groups in total. The number of benzene rings is 1. The third kappa shape index (κ3) is 3.53. The van der Waals surface area contributed by atoms with Crippen molar-refractivity contribution in [1.29, 1.82) is 0 Å². The molecule has 2 rings (SSSR count). The maximum Gasteiger partial charge on any atom is 0.0631 e. The van der Waals surface area contributed by atoms with Crippen molar-refractivity contribution in [2.24, 2.45) is 5.73 Å². The first-order valence-electron chi connectivity index (χ1n) is 7.65. The van der Waals surface area contributed by atoms with Crippen molar-refractivity contribution in [3.63, 3.8) is 0 Å². The number of hydrogen-bond acceptors (Lipinski definition) is 2. The van der Waals surface area contributed by atoms with Gasteiger partial charge in [0.25, 0.3) is 0 Å². The summed E-state index contributed by atoms with van der Waals surface area (Å²) >= 11 is 0. The molecule has 1 heterocycles. The minimum absolute atomic E-state index is 0.205. The number of aromatic nitrogens is 2. The van der Waals surface area contributed by atoms with E-state index in [-0.39, 0.29) is 5.41 Å². The van der Waals surface area contributed by atoms with Crippen molar-refractivity contribution in [2.75, 3.05) is 6.54 Å². The fraction of sp³-hybridized carbons (Fsp3) is 0.500. The first kappa shape index (κ1) is 15.8. The number of nitrogens with two attached hydrogens (primary N) is 1. The number of nitrogens with zero attached hydrogens (tertiary/aromatic N) is 2. The molecular weight excluding hydrogens is 258 g/mol. The Hall–Kier alpha value is -1.61. The van der Waals surface area contributed by atoms with Gasteiger partial charge >= 0.3 is 0 Å². The van der Waals surface area contributed by atoms with E-state index in [4.69, 9.17) is 5.73 Å². The molecule has 0 aliphatic rings. The van der Waals surface area contributed by atoms with Crippen LogP contribution in [-0.2, 0) is 18.4 Å². The molecule has 3 heteroatoms. The van der Waals surface area contributed by atoms with E-state index in [1.165, 1.54) is 22.4 Å². The van der Waals surface area contributed by atoms with E-state index in [1.807, 2.05) is 4.68 Å². The average molecular weight is 285 g/mol. The third-order valence-corrected chi connectivity index (χ3v) is 4.07. The van der Waals surface area contributed by atoms with Crippen molar-refractivity contribution in [3.05, 3.63) is 52.3 Å². The second-order valence-corrected chi connectivity index (χ2v) is 6.78. The Morgan fingerprint density at radius 3 is 2.24 bits per heavy atom. The van der Waals surface area contributed by atoms with Crippen LogP contribution in [0.4, 0.5) is 0 Å². The lowest BCUT2D eigenvalue weighted by molar-refractivity contribution is 0.590. The van der Waals surface area contributed by atoms with Crippen LogP contribution in [0.3, 0.4) is 0 Å². The Morgan fingerprint density at radius 2 is 1.71 bits per heavy atom. The third-order valence-electron chi connectivity index (χ3n) is 4.07. The lowest BCUT2D eigenvalue weighted by atomic mass is 9.86. The predicted molar refractivity (Wildman–Crippen MR) is 88.7 cm³/mol. The highest BCUT2D eigenvalue weighted by Gasteiger charge is 2.14. The number of hydrogen-bond donors (Lipinski definition) is 1. The van der Waals surface area contributed by atoms with E-state index in [9.17, 15) is 0 Å². The second-order valence-electron chi connectivity index (χ2n) is 6.78. The summed E-state index contributed by atoms with van der Waals surface area (Å²) in [5, 5.41) is 4.59. The summed E-state index contributed by atoms with van der Waals surface area (Å²) in [5.41, 5.74) is 12.2. The van der Waals surface area contributed by atoms with Gasteiger partial charge < -0.3 is 5.73 Å². The molecule has 0 aliphatic carbocycles. The molecule has 1 aromatic heterocycles. The van der Waals surface area contributed by atoms with Crippen molar-refractivity contribution in [1.82, 2.24) is 9.78 Å². The molecule has 0 bridgehead atoms. The van der Waals surface area contributed by atoms with E-state index in [0.29, 0.717) is 6.54 Å². The first-order valence-corrected chi connectivity index (χ1v) is 7.65. The lowest BCUT2D eigenvalue weighted by Crippen LogP contribution is -2.12. The molecule has 0 unspecified atom stereocenters. The zero-order valence-electron chi connectivity index (χ0n) is 13.9. The maximum absolute atomic E-state index is 5.64. The Kier molecular flexibility index (Phi) is 4.52. The van der Waals surface area contributed by atoms with E-state index >= 15 is 0 Å². The molecule has 0 spiro atoms. The van der Waals surface area contributed by atoms with Gasteiger partial charge in [0, 0.05) is 24.2 Å². The van der Waals surface area contributed by atoms with Gasteiger partial charge in [-0.2, -0.15) is 5.10 Å². The second kappa shape index (κ2) is 6.02. The minimum atomic E-state index is 0.205. The average Bonchev–Trinajstić information content (AvgIpc) is 2.67. The summed E-state index contributed by atoms with van der Waals surface area (Å²) in [5.74, 6) is 0. The predicted octanol–water partition coefficient (Wildman–Crippen LogP) is 3.35. The molecule has 114 valence electrons. The van der Waals surface area contributed by atoms with Crippen LogP contribution in [0.2, 0.25) is 0 Å². The van der Waals surface area contributed by atoms with Gasteiger partial charge in [0.2, 0.25) is 0 Å². The maximum atomic E-state index is 5.64. The molecule has 0 fully saturated rings. The van der Waals surface area contributed by atoms with Gasteiger partial charge in [-0.25, -0.2) is 0 Å². The smallest absolute Gasteiger partial charge is 0.0631 e.